The van der Waals surface area contributed by atoms with Gasteiger partial charge < -0.3 is 14.2 Å². The van der Waals surface area contributed by atoms with Crippen LogP contribution in [0.2, 0.25) is 0 Å². The molecule has 0 fully saturated rings. The Bertz CT molecular complexity index is 1220. The van der Waals surface area contributed by atoms with Gasteiger partial charge in [0.25, 0.3) is 0 Å². The molecule has 0 aliphatic carbocycles. The summed E-state index contributed by atoms with van der Waals surface area (Å²) in [5.41, 5.74) is 1.61. The number of carbonyl (C=O) groups excluding carboxylic acids is 1. The SMILES string of the molecule is C=C(C)C(=O)OCCCC(C)Oc1ccc2cc(-c3ccc(CCCCC)cc3OC(F)(F)F)sc2c1. The third-order valence-electron chi connectivity index (χ3n) is 5.77. The molecule has 2 aromatic carbocycles. The summed E-state index contributed by atoms with van der Waals surface area (Å²) in [5.74, 6) is 0.0957. The number of aryl methyl sites for hydroxylation is 1. The number of benzene rings is 2. The number of alkyl halides is 3. The molecule has 3 rings (SSSR count). The van der Waals surface area contributed by atoms with Gasteiger partial charge in [-0.2, -0.15) is 0 Å². The predicted octanol–water partition coefficient (Wildman–Crippen LogP) is 8.87. The Morgan fingerprint density at radius 2 is 1.86 bits per heavy atom. The van der Waals surface area contributed by atoms with E-state index in [4.69, 9.17) is 9.47 Å². The normalized spacial score (nSPS) is 12.4. The number of thiophene rings is 1. The molecule has 0 radical (unpaired) electrons. The van der Waals surface area contributed by atoms with Gasteiger partial charge in [0.15, 0.2) is 0 Å². The minimum atomic E-state index is -4.77. The Kier molecular flexibility index (Phi) is 10.0. The summed E-state index contributed by atoms with van der Waals surface area (Å²) in [6.45, 7) is 9.48. The van der Waals surface area contributed by atoms with E-state index in [0.717, 1.165) is 34.9 Å². The first-order chi connectivity index (χ1) is 17.6. The van der Waals surface area contributed by atoms with Crippen molar-refractivity contribution in [1.82, 2.24) is 0 Å². The summed E-state index contributed by atoms with van der Waals surface area (Å²) in [6, 6.07) is 12.6. The fourth-order valence-corrected chi connectivity index (χ4v) is 5.00. The molecular formula is C29H33F3O4S. The van der Waals surface area contributed by atoms with Crippen LogP contribution < -0.4 is 9.47 Å². The predicted molar refractivity (Wildman–Crippen MR) is 142 cm³/mol. The van der Waals surface area contributed by atoms with Gasteiger partial charge in [-0.25, -0.2) is 4.79 Å². The number of ether oxygens (including phenoxy) is 3. The highest BCUT2D eigenvalue weighted by Crippen LogP contribution is 2.41. The molecule has 0 bridgehead atoms. The van der Waals surface area contributed by atoms with E-state index in [1.807, 2.05) is 37.3 Å². The molecule has 0 amide bonds. The second-order valence-electron chi connectivity index (χ2n) is 9.13. The molecule has 1 atom stereocenters. The Balaban J connectivity index is 1.73. The van der Waals surface area contributed by atoms with Crippen molar-refractivity contribution in [3.05, 3.63) is 60.2 Å². The molecule has 200 valence electrons. The van der Waals surface area contributed by atoms with Crippen LogP contribution in [0, 0.1) is 0 Å². The van der Waals surface area contributed by atoms with Crippen LogP contribution >= 0.6 is 11.3 Å². The van der Waals surface area contributed by atoms with Gasteiger partial charge in [0.05, 0.1) is 12.7 Å². The molecule has 37 heavy (non-hydrogen) atoms. The lowest BCUT2D eigenvalue weighted by Gasteiger charge is -2.14. The summed E-state index contributed by atoms with van der Waals surface area (Å²) in [5, 5.41) is 0.914. The van der Waals surface area contributed by atoms with Gasteiger partial charge in [-0.1, -0.05) is 32.4 Å². The molecular weight excluding hydrogens is 501 g/mol. The van der Waals surface area contributed by atoms with E-state index in [2.05, 4.69) is 18.2 Å². The fraction of sp³-hybridized carbons (Fsp3) is 0.414. The number of carbonyl (C=O) groups is 1. The average molecular weight is 535 g/mol. The average Bonchev–Trinajstić information content (AvgIpc) is 3.24. The molecule has 1 unspecified atom stereocenters. The highest BCUT2D eigenvalue weighted by atomic mass is 32.1. The summed E-state index contributed by atoms with van der Waals surface area (Å²) in [6.07, 6.45) is 0.178. The Morgan fingerprint density at radius 1 is 1.08 bits per heavy atom. The number of hydrogen-bond acceptors (Lipinski definition) is 5. The third-order valence-corrected chi connectivity index (χ3v) is 6.90. The fourth-order valence-electron chi connectivity index (χ4n) is 3.88. The van der Waals surface area contributed by atoms with Crippen LogP contribution in [0.3, 0.4) is 0 Å². The summed E-state index contributed by atoms with van der Waals surface area (Å²) >= 11 is 1.39. The number of halogens is 3. The molecule has 1 heterocycles. The number of fused-ring (bicyclic) bond motifs is 1. The molecule has 8 heteroatoms. The lowest BCUT2D eigenvalue weighted by molar-refractivity contribution is -0.274. The zero-order valence-corrected chi connectivity index (χ0v) is 22.3. The van der Waals surface area contributed by atoms with Crippen LogP contribution in [0.1, 0.15) is 58.4 Å². The summed E-state index contributed by atoms with van der Waals surface area (Å²) < 4.78 is 56.0. The second-order valence-corrected chi connectivity index (χ2v) is 10.2. The molecule has 0 saturated carbocycles. The van der Waals surface area contributed by atoms with Crippen LogP contribution in [0.15, 0.2) is 54.6 Å². The van der Waals surface area contributed by atoms with Crippen molar-refractivity contribution in [3.8, 4) is 21.9 Å². The van der Waals surface area contributed by atoms with Crippen molar-refractivity contribution in [3.63, 3.8) is 0 Å². The standard InChI is InChI=1S/C29H33F3O4S/c1-5-6-7-10-21-11-14-24(25(16-21)36-29(30,31)32)27-17-22-12-13-23(18-26(22)37-27)35-20(4)9-8-15-34-28(33)19(2)3/h11-14,16-18,20H,2,5-10,15H2,1,3-4H3. The number of rotatable bonds is 13. The Labute approximate surface area is 220 Å². The maximum atomic E-state index is 13.2. The molecule has 1 aromatic heterocycles. The third kappa shape index (κ3) is 8.81. The molecule has 0 aliphatic heterocycles. The van der Waals surface area contributed by atoms with E-state index < -0.39 is 12.3 Å². The summed E-state index contributed by atoms with van der Waals surface area (Å²) in [7, 11) is 0. The van der Waals surface area contributed by atoms with E-state index in [-0.39, 0.29) is 11.9 Å². The minimum Gasteiger partial charge on any atom is -0.491 e. The van der Waals surface area contributed by atoms with Crippen LogP contribution in [0.4, 0.5) is 13.2 Å². The number of hydrogen-bond donors (Lipinski definition) is 0. The molecule has 0 aliphatic rings. The lowest BCUT2D eigenvalue weighted by atomic mass is 10.0. The van der Waals surface area contributed by atoms with Gasteiger partial charge in [-0.3, -0.25) is 0 Å². The Morgan fingerprint density at radius 3 is 2.57 bits per heavy atom. The molecule has 0 spiro atoms. The van der Waals surface area contributed by atoms with Crippen LogP contribution in [0.5, 0.6) is 11.5 Å². The second kappa shape index (κ2) is 13.0. The van der Waals surface area contributed by atoms with E-state index in [9.17, 15) is 18.0 Å². The first-order valence-electron chi connectivity index (χ1n) is 12.5. The Hall–Kier alpha value is -3.00. The summed E-state index contributed by atoms with van der Waals surface area (Å²) in [4.78, 5) is 12.1. The van der Waals surface area contributed by atoms with Crippen molar-refractivity contribution in [2.45, 2.75) is 71.8 Å². The van der Waals surface area contributed by atoms with Crippen molar-refractivity contribution < 1.29 is 32.2 Å². The van der Waals surface area contributed by atoms with Crippen LogP contribution in [-0.4, -0.2) is 25.0 Å². The largest absolute Gasteiger partial charge is 0.573 e. The topological polar surface area (TPSA) is 44.8 Å². The van der Waals surface area contributed by atoms with E-state index in [1.165, 1.54) is 17.4 Å². The van der Waals surface area contributed by atoms with Crippen LogP contribution in [-0.2, 0) is 16.0 Å². The van der Waals surface area contributed by atoms with Gasteiger partial charge in [0.2, 0.25) is 0 Å². The maximum absolute atomic E-state index is 13.2. The van der Waals surface area contributed by atoms with Gasteiger partial charge in [-0.05, 0) is 86.9 Å². The van der Waals surface area contributed by atoms with Gasteiger partial charge in [-0.15, -0.1) is 24.5 Å². The molecule has 4 nitrogen and oxygen atoms in total. The van der Waals surface area contributed by atoms with Gasteiger partial charge in [0.1, 0.15) is 11.5 Å². The van der Waals surface area contributed by atoms with Gasteiger partial charge in [0, 0.05) is 20.7 Å². The lowest BCUT2D eigenvalue weighted by Crippen LogP contribution is -2.17. The van der Waals surface area contributed by atoms with Crippen molar-refractivity contribution >= 4 is 27.4 Å². The maximum Gasteiger partial charge on any atom is 0.573 e. The van der Waals surface area contributed by atoms with Crippen molar-refractivity contribution in [1.29, 1.82) is 0 Å². The minimum absolute atomic E-state index is 0.104. The molecule has 0 saturated heterocycles. The van der Waals surface area contributed by atoms with E-state index in [1.54, 1.807) is 13.0 Å². The van der Waals surface area contributed by atoms with Crippen molar-refractivity contribution in [2.24, 2.45) is 0 Å². The first-order valence-corrected chi connectivity index (χ1v) is 13.3. The smallest absolute Gasteiger partial charge is 0.491 e. The zero-order valence-electron chi connectivity index (χ0n) is 21.5. The first kappa shape index (κ1) is 28.6. The quantitative estimate of drug-likeness (QED) is 0.125. The number of unbranched alkanes of at least 4 members (excludes halogenated alkanes) is 2. The van der Waals surface area contributed by atoms with E-state index >= 15 is 0 Å². The van der Waals surface area contributed by atoms with Crippen molar-refractivity contribution in [2.75, 3.05) is 6.61 Å². The zero-order chi connectivity index (χ0) is 27.0. The highest BCUT2D eigenvalue weighted by molar-refractivity contribution is 7.22. The molecule has 3 aromatic rings. The van der Waals surface area contributed by atoms with Crippen LogP contribution in [0.25, 0.3) is 20.5 Å². The van der Waals surface area contributed by atoms with Gasteiger partial charge >= 0.3 is 12.3 Å². The highest BCUT2D eigenvalue weighted by Gasteiger charge is 2.32. The molecule has 0 N–H and O–H groups in total. The van der Waals surface area contributed by atoms with E-state index in [0.29, 0.717) is 47.6 Å². The monoisotopic (exact) mass is 534 g/mol. The number of esters is 1.